The number of aryl methyl sites for hydroxylation is 1. The highest BCUT2D eigenvalue weighted by Crippen LogP contribution is 2.28. The number of rotatable bonds is 3. The average molecular weight is 309 g/mol. The Balaban J connectivity index is 1.58. The molecule has 4 rings (SSSR count). The van der Waals surface area contributed by atoms with Crippen molar-refractivity contribution < 1.29 is 4.90 Å². The number of thiazole rings is 1. The summed E-state index contributed by atoms with van der Waals surface area (Å²) in [6, 6.07) is 18.0. The van der Waals surface area contributed by atoms with Crippen LogP contribution < -0.4 is 4.90 Å². The first-order chi connectivity index (χ1) is 10.8. The van der Waals surface area contributed by atoms with Gasteiger partial charge in [0, 0.05) is 12.0 Å². The third-order valence-electron chi connectivity index (χ3n) is 4.73. The van der Waals surface area contributed by atoms with Crippen LogP contribution in [0.3, 0.4) is 0 Å². The lowest BCUT2D eigenvalue weighted by Crippen LogP contribution is -3.08. The van der Waals surface area contributed by atoms with Crippen LogP contribution in [0.2, 0.25) is 0 Å². The van der Waals surface area contributed by atoms with Crippen LogP contribution in [0.4, 0.5) is 0 Å². The number of benzene rings is 2. The summed E-state index contributed by atoms with van der Waals surface area (Å²) in [6.07, 6.45) is 3.83. The molecular formula is C19H21N2S+. The maximum absolute atomic E-state index is 4.80. The van der Waals surface area contributed by atoms with Crippen molar-refractivity contribution in [1.82, 2.24) is 4.98 Å². The van der Waals surface area contributed by atoms with Crippen molar-refractivity contribution in [2.75, 3.05) is 7.05 Å². The molecule has 1 unspecified atom stereocenters. The van der Waals surface area contributed by atoms with Crippen molar-refractivity contribution in [3.05, 3.63) is 64.7 Å². The Kier molecular flexibility index (Phi) is 3.68. The second kappa shape index (κ2) is 5.82. The van der Waals surface area contributed by atoms with E-state index in [1.807, 2.05) is 11.3 Å². The third kappa shape index (κ3) is 2.55. The lowest BCUT2D eigenvalue weighted by atomic mass is 9.87. The smallest absolute Gasteiger partial charge is 0.148 e. The summed E-state index contributed by atoms with van der Waals surface area (Å²) in [4.78, 5) is 6.36. The van der Waals surface area contributed by atoms with Crippen molar-refractivity contribution in [1.29, 1.82) is 0 Å². The quantitative estimate of drug-likeness (QED) is 0.785. The second-order valence-corrected chi connectivity index (χ2v) is 7.36. The second-order valence-electron chi connectivity index (χ2n) is 6.24. The normalized spacial score (nSPS) is 19.0. The van der Waals surface area contributed by atoms with Crippen LogP contribution in [0.25, 0.3) is 10.2 Å². The topological polar surface area (TPSA) is 17.3 Å². The van der Waals surface area contributed by atoms with Gasteiger partial charge in [0.2, 0.25) is 0 Å². The highest BCUT2D eigenvalue weighted by atomic mass is 32.1. The van der Waals surface area contributed by atoms with Gasteiger partial charge in [-0.3, -0.25) is 0 Å². The molecule has 2 aromatic carbocycles. The Morgan fingerprint density at radius 2 is 1.95 bits per heavy atom. The standard InChI is InChI=1S/C19H20N2S/c1-21(13-19-20-16-10-4-5-12-18(16)22-19)17-11-6-8-14-7-2-3-9-15(14)17/h2-5,7,9-10,12,17H,6,8,11,13H2,1H3/p+1/t17-/m1/s1. The van der Waals surface area contributed by atoms with Crippen molar-refractivity contribution in [2.24, 2.45) is 0 Å². The van der Waals surface area contributed by atoms with Gasteiger partial charge in [0.25, 0.3) is 0 Å². The number of para-hydroxylation sites is 1. The highest BCUT2D eigenvalue weighted by Gasteiger charge is 2.27. The van der Waals surface area contributed by atoms with Crippen LogP contribution in [0.1, 0.15) is 35.0 Å². The van der Waals surface area contributed by atoms with E-state index >= 15 is 0 Å². The van der Waals surface area contributed by atoms with Gasteiger partial charge in [0.15, 0.2) is 0 Å². The number of nitrogens with one attached hydrogen (secondary N) is 1. The minimum atomic E-state index is 0.608. The molecule has 1 heterocycles. The Labute approximate surface area is 135 Å². The van der Waals surface area contributed by atoms with Gasteiger partial charge in [-0.25, -0.2) is 4.98 Å². The number of fused-ring (bicyclic) bond motifs is 2. The molecule has 112 valence electrons. The molecule has 1 aliphatic carbocycles. The average Bonchev–Trinajstić information content (AvgIpc) is 2.96. The fraction of sp³-hybridized carbons (Fsp3) is 0.316. The Morgan fingerprint density at radius 3 is 2.86 bits per heavy atom. The van der Waals surface area contributed by atoms with Crippen molar-refractivity contribution in [2.45, 2.75) is 31.8 Å². The molecule has 0 aliphatic heterocycles. The predicted molar refractivity (Wildman–Crippen MR) is 92.3 cm³/mol. The van der Waals surface area contributed by atoms with E-state index < -0.39 is 0 Å². The maximum atomic E-state index is 4.80. The number of quaternary nitrogens is 1. The van der Waals surface area contributed by atoms with Gasteiger partial charge >= 0.3 is 0 Å². The van der Waals surface area contributed by atoms with Gasteiger partial charge in [-0.2, -0.15) is 0 Å². The van der Waals surface area contributed by atoms with Crippen LogP contribution in [-0.2, 0) is 13.0 Å². The van der Waals surface area contributed by atoms with Crippen LogP contribution in [0.15, 0.2) is 48.5 Å². The first-order valence-electron chi connectivity index (χ1n) is 8.06. The van der Waals surface area contributed by atoms with E-state index in [0.717, 1.165) is 12.1 Å². The molecule has 1 aromatic heterocycles. The van der Waals surface area contributed by atoms with E-state index in [1.165, 1.54) is 29.0 Å². The van der Waals surface area contributed by atoms with Gasteiger partial charge in [-0.05, 0) is 30.5 Å². The largest absolute Gasteiger partial charge is 0.325 e. The molecule has 3 heteroatoms. The molecule has 0 fully saturated rings. The van der Waals surface area contributed by atoms with E-state index in [9.17, 15) is 0 Å². The molecule has 3 aromatic rings. The highest BCUT2D eigenvalue weighted by molar-refractivity contribution is 7.18. The number of nitrogens with zero attached hydrogens (tertiary/aromatic N) is 1. The van der Waals surface area contributed by atoms with E-state index in [0.29, 0.717) is 6.04 Å². The first kappa shape index (κ1) is 13.9. The summed E-state index contributed by atoms with van der Waals surface area (Å²) < 4.78 is 1.30. The van der Waals surface area contributed by atoms with E-state index in [-0.39, 0.29) is 0 Å². The molecule has 1 N–H and O–H groups in total. The Hall–Kier alpha value is -1.71. The molecule has 0 amide bonds. The van der Waals surface area contributed by atoms with Crippen LogP contribution in [0.5, 0.6) is 0 Å². The molecule has 1 aliphatic rings. The number of hydrogen-bond acceptors (Lipinski definition) is 2. The minimum absolute atomic E-state index is 0.608. The van der Waals surface area contributed by atoms with Crippen molar-refractivity contribution in [3.63, 3.8) is 0 Å². The fourth-order valence-electron chi connectivity index (χ4n) is 3.62. The van der Waals surface area contributed by atoms with Crippen molar-refractivity contribution >= 4 is 21.6 Å². The summed E-state index contributed by atoms with van der Waals surface area (Å²) in [5.74, 6) is 0. The summed E-state index contributed by atoms with van der Waals surface area (Å²) >= 11 is 1.84. The Bertz CT molecular complexity index is 760. The van der Waals surface area contributed by atoms with Gasteiger partial charge in [0.1, 0.15) is 17.6 Å². The SMILES string of the molecule is C[NH+](Cc1nc2ccccc2s1)[C@@H]1CCCc2ccccc21. The summed E-state index contributed by atoms with van der Waals surface area (Å²) in [5.41, 5.74) is 4.23. The van der Waals surface area contributed by atoms with Gasteiger partial charge in [-0.1, -0.05) is 36.4 Å². The van der Waals surface area contributed by atoms with Crippen LogP contribution >= 0.6 is 11.3 Å². The molecule has 2 nitrogen and oxygen atoms in total. The third-order valence-corrected chi connectivity index (χ3v) is 5.77. The van der Waals surface area contributed by atoms with Gasteiger partial charge in [-0.15, -0.1) is 11.3 Å². The Morgan fingerprint density at radius 1 is 1.14 bits per heavy atom. The fourth-order valence-corrected chi connectivity index (χ4v) is 4.69. The molecule has 2 atom stereocenters. The van der Waals surface area contributed by atoms with Gasteiger partial charge < -0.3 is 4.90 Å². The summed E-state index contributed by atoms with van der Waals surface area (Å²) in [6.45, 7) is 1.01. The molecule has 22 heavy (non-hydrogen) atoms. The van der Waals surface area contributed by atoms with Crippen molar-refractivity contribution in [3.8, 4) is 0 Å². The zero-order valence-corrected chi connectivity index (χ0v) is 13.7. The summed E-state index contributed by atoms with van der Waals surface area (Å²) in [7, 11) is 2.32. The van der Waals surface area contributed by atoms with E-state index in [1.54, 1.807) is 16.0 Å². The number of aromatic nitrogens is 1. The maximum Gasteiger partial charge on any atom is 0.148 e. The van der Waals surface area contributed by atoms with Crippen LogP contribution in [0, 0.1) is 0 Å². The van der Waals surface area contributed by atoms with E-state index in [4.69, 9.17) is 4.98 Å². The van der Waals surface area contributed by atoms with Crippen LogP contribution in [-0.4, -0.2) is 12.0 Å². The monoisotopic (exact) mass is 309 g/mol. The molecule has 0 saturated heterocycles. The molecule has 0 bridgehead atoms. The van der Waals surface area contributed by atoms with E-state index in [2.05, 4.69) is 55.6 Å². The lowest BCUT2D eigenvalue weighted by molar-refractivity contribution is -0.926. The molecular weight excluding hydrogens is 288 g/mol. The molecule has 0 saturated carbocycles. The van der Waals surface area contributed by atoms with Gasteiger partial charge in [0.05, 0.1) is 17.3 Å². The zero-order chi connectivity index (χ0) is 14.9. The first-order valence-corrected chi connectivity index (χ1v) is 8.87. The predicted octanol–water partition coefficient (Wildman–Crippen LogP) is 3.39. The lowest BCUT2D eigenvalue weighted by Gasteiger charge is -2.30. The molecule has 0 spiro atoms. The minimum Gasteiger partial charge on any atom is -0.325 e. The number of hydrogen-bond donors (Lipinski definition) is 1. The zero-order valence-electron chi connectivity index (χ0n) is 12.9. The molecule has 0 radical (unpaired) electrons. The summed E-state index contributed by atoms with van der Waals surface area (Å²) in [5, 5.41) is 1.25.